The predicted octanol–water partition coefficient (Wildman–Crippen LogP) is -4.96. The van der Waals surface area contributed by atoms with E-state index in [9.17, 15) is 4.79 Å². The second kappa shape index (κ2) is 8.36. The predicted molar refractivity (Wildman–Crippen MR) is 20.5 cm³/mol. The Morgan fingerprint density at radius 3 is 1.50 bits per heavy atom. The van der Waals surface area contributed by atoms with E-state index in [1.807, 2.05) is 0 Å². The molecule has 42 valence electrons. The Labute approximate surface area is 95.1 Å². The van der Waals surface area contributed by atoms with E-state index >= 15 is 0 Å². The molecule has 0 aromatic rings. The Kier molecular flexibility index (Phi) is 16.9. The van der Waals surface area contributed by atoms with Crippen LogP contribution in [0.4, 0.5) is 4.79 Å². The number of hydrogen-bond donors (Lipinski definition) is 0. The maximum absolute atomic E-state index is 9.48. The second-order valence-electron chi connectivity index (χ2n) is 0.582. The van der Waals surface area contributed by atoms with Gasteiger partial charge in [-0.1, -0.05) is 0 Å². The molecule has 5 nitrogen and oxygen atoms in total. The van der Waals surface area contributed by atoms with E-state index in [1.165, 1.54) is 0 Å². The first-order valence-corrected chi connectivity index (χ1v) is 2.03. The topological polar surface area (TPSA) is 98.5 Å². The van der Waals surface area contributed by atoms with Crippen molar-refractivity contribution in [2.75, 3.05) is 0 Å². The molecule has 0 unspecified atom stereocenters. The average molecular weight is 162 g/mol. The van der Waals surface area contributed by atoms with Gasteiger partial charge in [-0.05, 0) is 0 Å². The Balaban J connectivity index is -0.0000000833. The van der Waals surface area contributed by atoms with Crippen molar-refractivity contribution in [3.63, 3.8) is 0 Å². The van der Waals surface area contributed by atoms with Gasteiger partial charge in [-0.25, -0.2) is 4.79 Å². The normalized spacial score (nSPS) is 11.8. The zero-order valence-electron chi connectivity index (χ0n) is 4.30. The molecule has 1 rings (SSSR count). The Bertz CT molecular complexity index is 59.4. The molecule has 0 aliphatic carbocycles. The summed E-state index contributed by atoms with van der Waals surface area (Å²) in [6.07, 6.45) is -0.528. The molecule has 0 amide bonds. The van der Waals surface area contributed by atoms with Crippen LogP contribution >= 0.6 is 0 Å². The van der Waals surface area contributed by atoms with E-state index < -0.39 is 22.0 Å². The molecule has 2 radical (unpaired) electrons. The summed E-state index contributed by atoms with van der Waals surface area (Å²) in [4.78, 5) is 9.48. The fourth-order valence-corrected chi connectivity index (χ4v) is 0.262. The van der Waals surface area contributed by atoms with Crippen LogP contribution in [0, 0.1) is 0 Å². The van der Waals surface area contributed by atoms with Gasteiger partial charge in [-0.2, -0.15) is 0 Å². The third-order valence-electron chi connectivity index (χ3n) is 0.289. The second-order valence-corrected chi connectivity index (χ2v) is 1.25. The van der Waals surface area contributed by atoms with E-state index in [-0.39, 0.29) is 62.3 Å². The molecule has 1 fully saturated rings. The van der Waals surface area contributed by atoms with E-state index in [0.717, 1.165) is 0 Å². The summed E-state index contributed by atoms with van der Waals surface area (Å²) in [6, 6.07) is 0. The van der Waals surface area contributed by atoms with Crippen LogP contribution < -0.4 is 51.4 Å². The minimum Gasteiger partial charge on any atom is -0.752 e. The fourth-order valence-electron chi connectivity index (χ4n) is 0.0874. The van der Waals surface area contributed by atoms with E-state index in [0.29, 0.717) is 0 Å². The molecule has 1 saturated heterocycles. The maximum Gasteiger partial charge on any atom is 1.00 e. The van der Waals surface area contributed by atoms with Crippen molar-refractivity contribution in [3.8, 4) is 0 Å². The Morgan fingerprint density at radius 2 is 1.50 bits per heavy atom. The molecule has 0 aromatic carbocycles. The van der Waals surface area contributed by atoms with Crippen LogP contribution in [0.25, 0.3) is 0 Å². The van der Waals surface area contributed by atoms with Crippen LogP contribution in [-0.4, -0.2) is 33.0 Å². The summed E-state index contributed by atoms with van der Waals surface area (Å²) in [7, 11) is 0. The van der Waals surface area contributed by atoms with Gasteiger partial charge in [0, 0.05) is 0 Å². The van der Waals surface area contributed by atoms with E-state index in [2.05, 4.69) is 7.58 Å². The summed E-state index contributed by atoms with van der Waals surface area (Å²) in [5.74, 6) is 0. The summed E-state index contributed by atoms with van der Waals surface area (Å²) >= 11 is -0.420. The van der Waals surface area contributed by atoms with Gasteiger partial charge in [-0.15, -0.1) is 0 Å². The van der Waals surface area contributed by atoms with E-state index in [4.69, 9.17) is 0 Å². The quantitative estimate of drug-likeness (QED) is 0.333. The molecule has 0 saturated carbocycles. The number of rotatable bonds is 0. The van der Waals surface area contributed by atoms with Crippen LogP contribution in [0.5, 0.6) is 0 Å². The van der Waals surface area contributed by atoms with Crippen molar-refractivity contribution in [1.82, 2.24) is 0 Å². The van der Waals surface area contributed by atoms with Crippen LogP contribution in [-0.2, 0) is 7.58 Å². The van der Waals surface area contributed by atoms with Crippen molar-refractivity contribution in [2.45, 2.75) is 0 Å². The van der Waals surface area contributed by atoms with Crippen molar-refractivity contribution >= 4 is 22.0 Å². The summed E-state index contributed by atoms with van der Waals surface area (Å²) in [5, 5.41) is 0. The smallest absolute Gasteiger partial charge is 0.752 e. The van der Waals surface area contributed by atoms with Gasteiger partial charge >= 0.3 is 73.4 Å². The zero-order chi connectivity index (χ0) is 3.70. The van der Waals surface area contributed by atoms with Gasteiger partial charge in [-0.3, -0.25) is 0 Å². The Hall–Kier alpha value is 1.36. The minimum absolute atomic E-state index is 0. The standard InChI is InChI=1S/CH2O3.Al.K.2H2O/c2-1(3)4;;;;/h(H2,2,3,4);;;2*1H2/q;2*+1;;/p-2. The van der Waals surface area contributed by atoms with Gasteiger partial charge in [0.2, 0.25) is 0 Å². The van der Waals surface area contributed by atoms with Crippen molar-refractivity contribution in [1.29, 1.82) is 0 Å². The summed E-state index contributed by atoms with van der Waals surface area (Å²) in [6.45, 7) is 0. The number of carbonyl (C=O) groups excluding carboxylic acids is 1. The molecule has 0 atom stereocenters. The first-order chi connectivity index (χ1) is 2.39. The van der Waals surface area contributed by atoms with Crippen LogP contribution in [0.1, 0.15) is 0 Å². The molecule has 1 aliphatic rings. The molecular weight excluding hydrogens is 158 g/mol. The maximum atomic E-state index is 9.48. The molecule has 4 N–H and O–H groups in total. The number of carbonyl (C=O) groups is 1. The van der Waals surface area contributed by atoms with Gasteiger partial charge in [0.1, 0.15) is 0 Å². The molecule has 7 heteroatoms. The van der Waals surface area contributed by atoms with Crippen LogP contribution in [0.2, 0.25) is 0 Å². The van der Waals surface area contributed by atoms with Crippen LogP contribution in [0.15, 0.2) is 0 Å². The molecule has 0 aromatic heterocycles. The average Bonchev–Trinajstić information content (AvgIpc) is 1.30. The molecule has 8 heavy (non-hydrogen) atoms. The first kappa shape index (κ1) is 16.2. The molecule has 0 bridgehead atoms. The van der Waals surface area contributed by atoms with E-state index in [1.54, 1.807) is 0 Å². The van der Waals surface area contributed by atoms with Gasteiger partial charge in [0.05, 0.1) is 0 Å². The SMILES string of the molecule is O.O.O=C1[O][Al-][O]1.[K+]. The first-order valence-electron chi connectivity index (χ1n) is 1.08. The third-order valence-corrected chi connectivity index (χ3v) is 0.866. The molecule has 0 spiro atoms. The third kappa shape index (κ3) is 5.49. The minimum atomic E-state index is -0.528. The van der Waals surface area contributed by atoms with Gasteiger partial charge < -0.3 is 18.5 Å². The van der Waals surface area contributed by atoms with Crippen molar-refractivity contribution < 1.29 is 74.7 Å². The van der Waals surface area contributed by atoms with Crippen LogP contribution in [0.3, 0.4) is 0 Å². The largest absolute Gasteiger partial charge is 1.00 e. The summed E-state index contributed by atoms with van der Waals surface area (Å²) in [5.41, 5.74) is 0. The van der Waals surface area contributed by atoms with Gasteiger partial charge in [0.25, 0.3) is 0 Å². The monoisotopic (exact) mass is 162 g/mol. The fraction of sp³-hybridized carbons (Fsp3) is 0. The van der Waals surface area contributed by atoms with Crippen molar-refractivity contribution in [2.24, 2.45) is 0 Å². The summed E-state index contributed by atoms with van der Waals surface area (Å²) < 4.78 is 8.31. The van der Waals surface area contributed by atoms with Gasteiger partial charge in [0.15, 0.2) is 0 Å². The van der Waals surface area contributed by atoms with Crippen molar-refractivity contribution in [3.05, 3.63) is 0 Å². The molecular formula is CH4AlKO5. The zero-order valence-corrected chi connectivity index (χ0v) is 8.58. The number of hydrogen-bond acceptors (Lipinski definition) is 3. The molecule has 1 heterocycles. The Morgan fingerprint density at radius 1 is 1.25 bits per heavy atom. The molecule has 1 aliphatic heterocycles.